The Kier molecular flexibility index (Phi) is 3.47. The monoisotopic (exact) mass is 247 g/mol. The molecule has 0 saturated carbocycles. The molecular formula is C11H12F3NO2. The van der Waals surface area contributed by atoms with Gasteiger partial charge in [-0.1, -0.05) is 17.7 Å². The number of carbonyl (C=O) groups is 1. The number of aldehydes is 1. The van der Waals surface area contributed by atoms with Crippen LogP contribution in [0, 0.1) is 6.92 Å². The summed E-state index contributed by atoms with van der Waals surface area (Å²) in [5.74, 6) is 0. The zero-order chi connectivity index (χ0) is 13.3. The van der Waals surface area contributed by atoms with Gasteiger partial charge in [0.2, 0.25) is 0 Å². The van der Waals surface area contributed by atoms with Gasteiger partial charge in [0.05, 0.1) is 0 Å². The summed E-state index contributed by atoms with van der Waals surface area (Å²) in [6, 6.07) is 3.93. The molecule has 0 heterocycles. The van der Waals surface area contributed by atoms with E-state index < -0.39 is 23.8 Å². The number of alkyl halides is 3. The standard InChI is InChI=1S/C11H12F3NO2/c1-7-2-3-9(15)8(6-7)10(17,4-5-16)11(12,13)14/h2-3,5-6,17H,4,15H2,1H3. The van der Waals surface area contributed by atoms with E-state index in [1.807, 2.05) is 0 Å². The highest BCUT2D eigenvalue weighted by Crippen LogP contribution is 2.43. The molecule has 0 fully saturated rings. The van der Waals surface area contributed by atoms with Crippen LogP contribution in [-0.4, -0.2) is 17.6 Å². The minimum Gasteiger partial charge on any atom is -0.398 e. The summed E-state index contributed by atoms with van der Waals surface area (Å²) < 4.78 is 38.5. The molecular weight excluding hydrogens is 235 g/mol. The first-order valence-electron chi connectivity index (χ1n) is 4.81. The zero-order valence-electron chi connectivity index (χ0n) is 9.08. The summed E-state index contributed by atoms with van der Waals surface area (Å²) in [7, 11) is 0. The molecule has 0 radical (unpaired) electrons. The molecule has 3 nitrogen and oxygen atoms in total. The van der Waals surface area contributed by atoms with Crippen LogP contribution >= 0.6 is 0 Å². The Labute approximate surface area is 96.0 Å². The van der Waals surface area contributed by atoms with Crippen molar-refractivity contribution in [2.75, 3.05) is 5.73 Å². The molecule has 1 aromatic rings. The zero-order valence-corrected chi connectivity index (χ0v) is 9.08. The first-order chi connectivity index (χ1) is 7.72. The van der Waals surface area contributed by atoms with Gasteiger partial charge in [0.25, 0.3) is 0 Å². The third kappa shape index (κ3) is 2.41. The number of hydrogen-bond acceptors (Lipinski definition) is 3. The van der Waals surface area contributed by atoms with Crippen LogP contribution in [0.5, 0.6) is 0 Å². The molecule has 0 aliphatic rings. The van der Waals surface area contributed by atoms with E-state index in [9.17, 15) is 23.1 Å². The lowest BCUT2D eigenvalue weighted by Crippen LogP contribution is -2.43. The average Bonchev–Trinajstić information content (AvgIpc) is 2.20. The second kappa shape index (κ2) is 4.37. The summed E-state index contributed by atoms with van der Waals surface area (Å²) in [6.45, 7) is 1.57. The van der Waals surface area contributed by atoms with E-state index in [-0.39, 0.29) is 12.0 Å². The molecule has 1 rings (SSSR count). The third-order valence-corrected chi connectivity index (χ3v) is 2.50. The van der Waals surface area contributed by atoms with Gasteiger partial charge in [-0.2, -0.15) is 13.2 Å². The normalized spacial score (nSPS) is 15.4. The van der Waals surface area contributed by atoms with E-state index in [4.69, 9.17) is 5.73 Å². The Bertz CT molecular complexity index is 431. The second-order valence-electron chi connectivity index (χ2n) is 3.82. The third-order valence-electron chi connectivity index (χ3n) is 2.50. The van der Waals surface area contributed by atoms with E-state index in [1.165, 1.54) is 12.1 Å². The Morgan fingerprint density at radius 3 is 2.47 bits per heavy atom. The fourth-order valence-electron chi connectivity index (χ4n) is 1.53. The number of nitrogens with two attached hydrogens (primary N) is 1. The second-order valence-corrected chi connectivity index (χ2v) is 3.82. The van der Waals surface area contributed by atoms with Crippen molar-refractivity contribution in [1.29, 1.82) is 0 Å². The molecule has 0 aliphatic heterocycles. The van der Waals surface area contributed by atoms with Crippen LogP contribution in [0.1, 0.15) is 17.5 Å². The molecule has 1 aromatic carbocycles. The number of benzene rings is 1. The van der Waals surface area contributed by atoms with E-state index in [1.54, 1.807) is 6.92 Å². The van der Waals surface area contributed by atoms with Crippen molar-refractivity contribution in [3.05, 3.63) is 29.3 Å². The number of anilines is 1. The van der Waals surface area contributed by atoms with E-state index in [0.29, 0.717) is 5.56 Å². The topological polar surface area (TPSA) is 63.3 Å². The molecule has 0 saturated heterocycles. The number of halogens is 3. The minimum absolute atomic E-state index is 0.0231. The fraction of sp³-hybridized carbons (Fsp3) is 0.364. The van der Waals surface area contributed by atoms with E-state index >= 15 is 0 Å². The van der Waals surface area contributed by atoms with Gasteiger partial charge < -0.3 is 15.6 Å². The fourth-order valence-corrected chi connectivity index (χ4v) is 1.53. The highest BCUT2D eigenvalue weighted by atomic mass is 19.4. The number of aryl methyl sites for hydroxylation is 1. The Morgan fingerprint density at radius 1 is 1.41 bits per heavy atom. The molecule has 6 heteroatoms. The van der Waals surface area contributed by atoms with Gasteiger partial charge in [0, 0.05) is 17.7 Å². The maximum absolute atomic E-state index is 12.8. The lowest BCUT2D eigenvalue weighted by atomic mass is 9.88. The summed E-state index contributed by atoms with van der Waals surface area (Å²) in [5.41, 5.74) is 2.03. The summed E-state index contributed by atoms with van der Waals surface area (Å²) in [6.07, 6.45) is -6.02. The maximum Gasteiger partial charge on any atom is 0.421 e. The van der Waals surface area contributed by atoms with Crippen LogP contribution in [0.15, 0.2) is 18.2 Å². The van der Waals surface area contributed by atoms with Crippen molar-refractivity contribution < 1.29 is 23.1 Å². The number of hydrogen-bond donors (Lipinski definition) is 2. The van der Waals surface area contributed by atoms with E-state index in [2.05, 4.69) is 0 Å². The number of rotatable bonds is 3. The Morgan fingerprint density at radius 2 is 2.00 bits per heavy atom. The lowest BCUT2D eigenvalue weighted by Gasteiger charge is -2.30. The van der Waals surface area contributed by atoms with Crippen molar-refractivity contribution in [2.45, 2.75) is 25.1 Å². The first-order valence-corrected chi connectivity index (χ1v) is 4.81. The molecule has 17 heavy (non-hydrogen) atoms. The van der Waals surface area contributed by atoms with E-state index in [0.717, 1.165) is 6.07 Å². The summed E-state index contributed by atoms with van der Waals surface area (Å²) in [4.78, 5) is 10.3. The maximum atomic E-state index is 12.8. The Hall–Kier alpha value is -1.56. The largest absolute Gasteiger partial charge is 0.421 e. The van der Waals surface area contributed by atoms with Gasteiger partial charge in [-0.15, -0.1) is 0 Å². The SMILES string of the molecule is Cc1ccc(N)c(C(O)(CC=O)C(F)(F)F)c1. The molecule has 0 bridgehead atoms. The highest BCUT2D eigenvalue weighted by molar-refractivity contribution is 5.58. The molecule has 0 spiro atoms. The number of carbonyl (C=O) groups excluding carboxylic acids is 1. The van der Waals surface area contributed by atoms with Crippen LogP contribution in [0.2, 0.25) is 0 Å². The van der Waals surface area contributed by atoms with Crippen molar-refractivity contribution in [2.24, 2.45) is 0 Å². The molecule has 1 unspecified atom stereocenters. The van der Waals surface area contributed by atoms with Crippen LogP contribution in [0.4, 0.5) is 18.9 Å². The predicted molar refractivity (Wildman–Crippen MR) is 56.2 cm³/mol. The van der Waals surface area contributed by atoms with Crippen LogP contribution in [0.3, 0.4) is 0 Å². The van der Waals surface area contributed by atoms with Crippen molar-refractivity contribution >= 4 is 12.0 Å². The summed E-state index contributed by atoms with van der Waals surface area (Å²) >= 11 is 0. The summed E-state index contributed by atoms with van der Waals surface area (Å²) in [5, 5.41) is 9.69. The predicted octanol–water partition coefficient (Wildman–Crippen LogP) is 1.92. The molecule has 0 aliphatic carbocycles. The molecule has 0 aromatic heterocycles. The van der Waals surface area contributed by atoms with Crippen LogP contribution in [0.25, 0.3) is 0 Å². The van der Waals surface area contributed by atoms with Crippen molar-refractivity contribution in [1.82, 2.24) is 0 Å². The van der Waals surface area contributed by atoms with Crippen molar-refractivity contribution in [3.8, 4) is 0 Å². The van der Waals surface area contributed by atoms with Gasteiger partial charge in [0.15, 0.2) is 5.60 Å². The van der Waals surface area contributed by atoms with Gasteiger partial charge >= 0.3 is 6.18 Å². The molecule has 3 N–H and O–H groups in total. The van der Waals surface area contributed by atoms with Crippen LogP contribution in [-0.2, 0) is 10.4 Å². The quantitative estimate of drug-likeness (QED) is 0.633. The molecule has 94 valence electrons. The number of nitrogen functional groups attached to an aromatic ring is 1. The Balaban J connectivity index is 3.42. The lowest BCUT2D eigenvalue weighted by molar-refractivity contribution is -0.265. The molecule has 0 amide bonds. The van der Waals surface area contributed by atoms with Gasteiger partial charge in [-0.3, -0.25) is 0 Å². The smallest absolute Gasteiger partial charge is 0.398 e. The molecule has 1 atom stereocenters. The highest BCUT2D eigenvalue weighted by Gasteiger charge is 2.55. The van der Waals surface area contributed by atoms with Gasteiger partial charge in [-0.05, 0) is 13.0 Å². The van der Waals surface area contributed by atoms with Gasteiger partial charge in [0.1, 0.15) is 6.29 Å². The van der Waals surface area contributed by atoms with Crippen LogP contribution < -0.4 is 5.73 Å². The first kappa shape index (κ1) is 13.5. The average molecular weight is 247 g/mol. The van der Waals surface area contributed by atoms with Gasteiger partial charge in [-0.25, -0.2) is 0 Å². The van der Waals surface area contributed by atoms with Crippen molar-refractivity contribution in [3.63, 3.8) is 0 Å². The minimum atomic E-state index is -4.96. The number of aliphatic hydroxyl groups is 1.